The summed E-state index contributed by atoms with van der Waals surface area (Å²) >= 11 is 0. The Morgan fingerprint density at radius 3 is 1.39 bits per heavy atom. The zero-order chi connectivity index (χ0) is 43.2. The van der Waals surface area contributed by atoms with Gasteiger partial charge in [0.2, 0.25) is 0 Å². The number of carboxylic acids is 1. The van der Waals surface area contributed by atoms with Gasteiger partial charge in [0.15, 0.2) is 0 Å². The second-order valence-electron chi connectivity index (χ2n) is 21.2. The molecule has 0 amide bonds. The van der Waals surface area contributed by atoms with Gasteiger partial charge in [-0.2, -0.15) is 0 Å². The molecule has 4 aliphatic carbocycles. The van der Waals surface area contributed by atoms with E-state index in [0.717, 1.165) is 85.5 Å². The first-order chi connectivity index (χ1) is 27.7. The summed E-state index contributed by atoms with van der Waals surface area (Å²) in [5.41, 5.74) is 3.03. The van der Waals surface area contributed by atoms with Crippen LogP contribution in [0.3, 0.4) is 0 Å². The molecule has 6 rings (SSSR count). The average molecular weight is 823 g/mol. The second-order valence-corrected chi connectivity index (χ2v) is 21.2. The Morgan fingerprint density at radius 2 is 1.07 bits per heavy atom. The molecule has 0 spiro atoms. The monoisotopic (exact) mass is 823 g/mol. The fourth-order valence-corrected chi connectivity index (χ4v) is 9.41. The topological polar surface area (TPSA) is 159 Å². The number of carbonyl (C=O) groups excluding carboxylic acids is 3. The lowest BCUT2D eigenvalue weighted by Gasteiger charge is -2.35. The smallest absolute Gasteiger partial charge is 0.306 e. The van der Waals surface area contributed by atoms with Crippen molar-refractivity contribution in [2.45, 2.75) is 219 Å². The Bertz CT molecular complexity index is 1710. The molecular weight excluding hydrogens is 749 g/mol. The number of aromatic nitrogens is 2. The van der Waals surface area contributed by atoms with E-state index >= 15 is 0 Å². The largest absolute Gasteiger partial charge is 0.481 e. The van der Waals surface area contributed by atoms with Crippen molar-refractivity contribution >= 4 is 24.2 Å². The van der Waals surface area contributed by atoms with E-state index in [9.17, 15) is 24.3 Å². The van der Waals surface area contributed by atoms with Crippen LogP contribution in [0.15, 0.2) is 9.05 Å². The van der Waals surface area contributed by atoms with Gasteiger partial charge in [-0.3, -0.25) is 14.4 Å². The van der Waals surface area contributed by atoms with Gasteiger partial charge < -0.3 is 28.4 Å². The van der Waals surface area contributed by atoms with Gasteiger partial charge >= 0.3 is 17.9 Å². The highest BCUT2D eigenvalue weighted by molar-refractivity contribution is 5.72. The fourth-order valence-electron chi connectivity index (χ4n) is 9.41. The normalized spacial score (nSPS) is 22.8. The first-order valence-electron chi connectivity index (χ1n) is 22.8. The van der Waals surface area contributed by atoms with E-state index in [1.54, 1.807) is 0 Å². The van der Waals surface area contributed by atoms with Gasteiger partial charge in [-0.25, -0.2) is 0 Å². The maximum absolute atomic E-state index is 12.5. The summed E-state index contributed by atoms with van der Waals surface area (Å²) < 4.78 is 22.8. The molecule has 4 saturated carbocycles. The van der Waals surface area contributed by atoms with Gasteiger partial charge in [0, 0.05) is 47.6 Å². The maximum atomic E-state index is 12.5. The van der Waals surface area contributed by atoms with Crippen LogP contribution >= 0.6 is 0 Å². The van der Waals surface area contributed by atoms with Crippen molar-refractivity contribution < 1.29 is 42.8 Å². The minimum Gasteiger partial charge on any atom is -0.481 e. The summed E-state index contributed by atoms with van der Waals surface area (Å²) in [4.78, 5) is 47.2. The standard InChI is InChI=1S/C24H37NO5.C24H37NO4/c1-14(2)10-15-11-18(12-15)23-21(16-6-7-16)22(25-30-23)17(8-9-19(26)27)13-20(28)29-24(3,4)5;1-15(2)11-16-12-19(13-16)23-21(17-8-9-17)22(25-29-23)18(7-6-10-26)14-20(27)28-24(3,4)5/h14-18H,6-13H2,1-5H3,(H,26,27);10,15-19H,6-9,11-14H2,1-5H3/t15?,17-,18?;16?,18-,19?/m00/s1. The molecule has 11 heteroatoms. The van der Waals surface area contributed by atoms with Gasteiger partial charge in [0.25, 0.3) is 0 Å². The molecule has 0 saturated heterocycles. The number of hydrogen-bond acceptors (Lipinski definition) is 10. The molecule has 2 aromatic heterocycles. The van der Waals surface area contributed by atoms with Crippen LogP contribution in [0.25, 0.3) is 0 Å². The van der Waals surface area contributed by atoms with E-state index in [1.807, 2.05) is 41.5 Å². The van der Waals surface area contributed by atoms with Gasteiger partial charge in [-0.05, 0) is 154 Å². The Kier molecular flexibility index (Phi) is 15.7. The van der Waals surface area contributed by atoms with E-state index in [2.05, 4.69) is 38.0 Å². The van der Waals surface area contributed by atoms with Crippen LogP contribution in [0.1, 0.15) is 242 Å². The lowest BCUT2D eigenvalue weighted by atomic mass is 9.69. The predicted octanol–water partition coefficient (Wildman–Crippen LogP) is 11.7. The molecule has 0 aliphatic heterocycles. The van der Waals surface area contributed by atoms with E-state index in [1.165, 1.54) is 36.8 Å². The molecule has 4 fully saturated rings. The molecule has 0 aromatic carbocycles. The van der Waals surface area contributed by atoms with Crippen molar-refractivity contribution in [3.63, 3.8) is 0 Å². The molecule has 1 N–H and O–H groups in total. The first-order valence-corrected chi connectivity index (χ1v) is 22.8. The third kappa shape index (κ3) is 14.0. The van der Waals surface area contributed by atoms with Crippen LogP contribution < -0.4 is 0 Å². The highest BCUT2D eigenvalue weighted by atomic mass is 16.6. The van der Waals surface area contributed by atoms with Gasteiger partial charge in [-0.15, -0.1) is 0 Å². The average Bonchev–Trinajstić information content (AvgIpc) is 4.01. The quantitative estimate of drug-likeness (QED) is 0.1000. The third-order valence-corrected chi connectivity index (χ3v) is 12.1. The molecule has 0 unspecified atom stereocenters. The van der Waals surface area contributed by atoms with Crippen molar-refractivity contribution in [1.82, 2.24) is 10.3 Å². The summed E-state index contributed by atoms with van der Waals surface area (Å²) in [6, 6.07) is 0. The fraction of sp³-hybridized carbons (Fsp3) is 0.792. The van der Waals surface area contributed by atoms with Crippen LogP contribution in [0.5, 0.6) is 0 Å². The Morgan fingerprint density at radius 1 is 0.678 bits per heavy atom. The number of carbonyl (C=O) groups is 4. The lowest BCUT2D eigenvalue weighted by Crippen LogP contribution is -2.25. The highest BCUT2D eigenvalue weighted by Gasteiger charge is 2.43. The summed E-state index contributed by atoms with van der Waals surface area (Å²) in [6.45, 7) is 20.2. The Balaban J connectivity index is 0.000000224. The van der Waals surface area contributed by atoms with E-state index in [-0.39, 0.29) is 43.0 Å². The number of esters is 2. The summed E-state index contributed by atoms with van der Waals surface area (Å²) in [5, 5.41) is 18.1. The minimum atomic E-state index is -0.864. The van der Waals surface area contributed by atoms with E-state index in [4.69, 9.17) is 18.5 Å². The van der Waals surface area contributed by atoms with Crippen molar-refractivity contribution in [2.75, 3.05) is 0 Å². The molecule has 0 bridgehead atoms. The lowest BCUT2D eigenvalue weighted by molar-refractivity contribution is -0.156. The molecule has 0 radical (unpaired) electrons. The number of aldehydes is 1. The summed E-state index contributed by atoms with van der Waals surface area (Å²) in [5.74, 6) is 5.04. The molecule has 59 heavy (non-hydrogen) atoms. The number of ether oxygens (including phenoxy) is 2. The van der Waals surface area contributed by atoms with E-state index < -0.39 is 17.2 Å². The second kappa shape index (κ2) is 19.9. The number of nitrogens with zero attached hydrogens (tertiary/aromatic N) is 2. The van der Waals surface area contributed by atoms with Gasteiger partial charge in [0.1, 0.15) is 29.0 Å². The highest BCUT2D eigenvalue weighted by Crippen LogP contribution is 2.54. The molecule has 4 aliphatic rings. The Hall–Kier alpha value is -3.50. The molecule has 2 aromatic rings. The van der Waals surface area contributed by atoms with Gasteiger partial charge in [0.05, 0.1) is 24.2 Å². The Labute approximate surface area is 352 Å². The molecular formula is C48H74N2O9. The molecule has 2 heterocycles. The van der Waals surface area contributed by atoms with Crippen molar-refractivity contribution in [3.05, 3.63) is 34.0 Å². The van der Waals surface area contributed by atoms with Crippen LogP contribution in [0.2, 0.25) is 0 Å². The predicted molar refractivity (Wildman–Crippen MR) is 225 cm³/mol. The third-order valence-electron chi connectivity index (χ3n) is 12.1. The summed E-state index contributed by atoms with van der Waals surface area (Å²) in [6.07, 6.45) is 14.4. The molecule has 2 atom stereocenters. The van der Waals surface area contributed by atoms with Crippen LogP contribution in [-0.4, -0.2) is 50.8 Å². The number of aliphatic carboxylic acids is 1. The first kappa shape index (κ1) is 46.6. The van der Waals surface area contributed by atoms with Crippen molar-refractivity contribution in [3.8, 4) is 0 Å². The maximum Gasteiger partial charge on any atom is 0.306 e. The number of rotatable bonds is 20. The zero-order valence-electron chi connectivity index (χ0n) is 37.8. The van der Waals surface area contributed by atoms with Crippen LogP contribution in [-0.2, 0) is 28.7 Å². The zero-order valence-corrected chi connectivity index (χ0v) is 37.8. The number of carboxylic acid groups (broad SMARTS) is 1. The van der Waals surface area contributed by atoms with Crippen molar-refractivity contribution in [1.29, 1.82) is 0 Å². The van der Waals surface area contributed by atoms with E-state index in [0.29, 0.717) is 48.9 Å². The molecule has 11 nitrogen and oxygen atoms in total. The van der Waals surface area contributed by atoms with Crippen LogP contribution in [0, 0.1) is 23.7 Å². The SMILES string of the molecule is CC(C)CC1CC(c2onc([C@@H](CCC(=O)O)CC(=O)OC(C)(C)C)c2C2CC2)C1.CC(C)CC1CC(c2onc([C@@H](CCC=O)CC(=O)OC(C)(C)C)c2C2CC2)C1. The van der Waals surface area contributed by atoms with Crippen molar-refractivity contribution in [2.24, 2.45) is 23.7 Å². The van der Waals surface area contributed by atoms with Gasteiger partial charge in [-0.1, -0.05) is 38.0 Å². The van der Waals surface area contributed by atoms with Crippen LogP contribution in [0.4, 0.5) is 0 Å². The minimum absolute atomic E-state index is 0.000342. The molecule has 330 valence electrons. The summed E-state index contributed by atoms with van der Waals surface area (Å²) in [7, 11) is 0. The number of hydrogen-bond donors (Lipinski definition) is 1.